The molecule has 1 heterocycles. The quantitative estimate of drug-likeness (QED) is 0.292. The molecular weight excluding hydrogens is 469 g/mol. The van der Waals surface area contributed by atoms with E-state index in [9.17, 15) is 4.39 Å². The smallest absolute Gasteiger partial charge is 0.201 e. The van der Waals surface area contributed by atoms with E-state index in [4.69, 9.17) is 4.74 Å². The van der Waals surface area contributed by atoms with Gasteiger partial charge in [0.15, 0.2) is 23.1 Å². The Morgan fingerprint density at radius 1 is 0.676 bits per heavy atom. The lowest BCUT2D eigenvalue weighted by Gasteiger charge is -2.32. The highest BCUT2D eigenvalue weighted by Crippen LogP contribution is 2.46. The van der Waals surface area contributed by atoms with E-state index in [1.54, 1.807) is 12.1 Å². The molecule has 1 nitrogen and oxygen atoms in total. The van der Waals surface area contributed by atoms with Gasteiger partial charge < -0.3 is 4.74 Å². The number of ether oxygens (including phenoxy) is 1. The highest BCUT2D eigenvalue weighted by atomic mass is 19.2. The highest BCUT2D eigenvalue weighted by Gasteiger charge is 2.32. The molecule has 0 amide bonds. The standard InChI is InChI=1S/C33H43F3O/c1-3-5-21-7-9-22(10-8-21)11-12-23-13-15-24(16-14-23)28-20-27-19-26-18-17-25(6-4-2)29(34)32(26)37-33(27)31(36)30(28)35/h17-18,20-24H,3-16,19H2,1-2H3. The van der Waals surface area contributed by atoms with Crippen LogP contribution in [0, 0.1) is 35.2 Å². The molecule has 0 atom stereocenters. The molecule has 0 N–H and O–H groups in total. The largest absolute Gasteiger partial charge is 0.450 e. The zero-order valence-electron chi connectivity index (χ0n) is 22.7. The molecule has 0 radical (unpaired) electrons. The summed E-state index contributed by atoms with van der Waals surface area (Å²) in [6, 6.07) is 5.47. The van der Waals surface area contributed by atoms with Gasteiger partial charge in [-0.05, 0) is 73.0 Å². The maximum atomic E-state index is 15.3. The topological polar surface area (TPSA) is 9.23 Å². The summed E-state index contributed by atoms with van der Waals surface area (Å²) in [5.41, 5.74) is 2.38. The van der Waals surface area contributed by atoms with Crippen LogP contribution in [-0.2, 0) is 12.8 Å². The Balaban J connectivity index is 1.20. The van der Waals surface area contributed by atoms with E-state index >= 15 is 8.78 Å². The third-order valence-corrected chi connectivity index (χ3v) is 9.56. The maximum Gasteiger partial charge on any atom is 0.201 e. The van der Waals surface area contributed by atoms with Gasteiger partial charge in [0.2, 0.25) is 5.82 Å². The van der Waals surface area contributed by atoms with Crippen molar-refractivity contribution in [3.63, 3.8) is 0 Å². The molecule has 0 unspecified atom stereocenters. The van der Waals surface area contributed by atoms with Crippen molar-refractivity contribution in [1.82, 2.24) is 0 Å². The van der Waals surface area contributed by atoms with Gasteiger partial charge in [-0.25, -0.2) is 8.78 Å². The van der Waals surface area contributed by atoms with E-state index in [0.717, 1.165) is 43.9 Å². The molecule has 0 saturated heterocycles. The Kier molecular flexibility index (Phi) is 8.51. The van der Waals surface area contributed by atoms with Crippen molar-refractivity contribution in [3.05, 3.63) is 57.9 Å². The van der Waals surface area contributed by atoms with Crippen LogP contribution >= 0.6 is 0 Å². The van der Waals surface area contributed by atoms with Crippen molar-refractivity contribution in [2.75, 3.05) is 0 Å². The first-order valence-corrected chi connectivity index (χ1v) is 15.0. The molecule has 1 aliphatic heterocycles. The van der Waals surface area contributed by atoms with Crippen LogP contribution in [0.15, 0.2) is 18.2 Å². The average Bonchev–Trinajstić information content (AvgIpc) is 2.92. The van der Waals surface area contributed by atoms with Crippen molar-refractivity contribution in [1.29, 1.82) is 0 Å². The second-order valence-electron chi connectivity index (χ2n) is 12.1. The molecule has 0 bridgehead atoms. The van der Waals surface area contributed by atoms with Gasteiger partial charge in [0.1, 0.15) is 0 Å². The Hall–Kier alpha value is -1.97. The summed E-state index contributed by atoms with van der Waals surface area (Å²) in [4.78, 5) is 0. The lowest BCUT2D eigenvalue weighted by Crippen LogP contribution is -2.19. The molecule has 2 aromatic carbocycles. The maximum absolute atomic E-state index is 15.3. The van der Waals surface area contributed by atoms with Crippen molar-refractivity contribution in [2.24, 2.45) is 17.8 Å². The van der Waals surface area contributed by atoms with Crippen LogP contribution in [0.2, 0.25) is 0 Å². The molecule has 4 heteroatoms. The van der Waals surface area contributed by atoms with Gasteiger partial charge in [0.05, 0.1) is 0 Å². The van der Waals surface area contributed by atoms with Crippen molar-refractivity contribution >= 4 is 0 Å². The van der Waals surface area contributed by atoms with E-state index in [1.165, 1.54) is 51.4 Å². The molecule has 2 saturated carbocycles. The van der Waals surface area contributed by atoms with Crippen LogP contribution in [0.1, 0.15) is 125 Å². The Labute approximate surface area is 221 Å². The fourth-order valence-electron chi connectivity index (χ4n) is 7.33. The summed E-state index contributed by atoms with van der Waals surface area (Å²) >= 11 is 0. The first kappa shape index (κ1) is 26.6. The van der Waals surface area contributed by atoms with E-state index in [1.807, 2.05) is 13.0 Å². The molecule has 2 fully saturated rings. The summed E-state index contributed by atoms with van der Waals surface area (Å²) in [5, 5.41) is 0. The predicted octanol–water partition coefficient (Wildman–Crippen LogP) is 10.4. The molecular formula is C33H43F3O. The molecule has 0 aromatic heterocycles. The van der Waals surface area contributed by atoms with Crippen LogP contribution in [0.25, 0.3) is 0 Å². The minimum absolute atomic E-state index is 0.0468. The third-order valence-electron chi connectivity index (χ3n) is 9.56. The minimum Gasteiger partial charge on any atom is -0.450 e. The second kappa shape index (κ2) is 11.8. The lowest BCUT2D eigenvalue weighted by molar-refractivity contribution is 0.223. The van der Waals surface area contributed by atoms with Crippen molar-refractivity contribution in [2.45, 2.75) is 116 Å². The molecule has 37 heavy (non-hydrogen) atoms. The van der Waals surface area contributed by atoms with Gasteiger partial charge in [0.25, 0.3) is 0 Å². The monoisotopic (exact) mass is 512 g/mol. The van der Waals surface area contributed by atoms with Gasteiger partial charge in [-0.3, -0.25) is 0 Å². The first-order chi connectivity index (χ1) is 18.0. The lowest BCUT2D eigenvalue weighted by atomic mass is 9.73. The number of benzene rings is 2. The molecule has 3 aliphatic rings. The van der Waals surface area contributed by atoms with Crippen LogP contribution < -0.4 is 4.74 Å². The summed E-state index contributed by atoms with van der Waals surface area (Å²) in [7, 11) is 0. The number of hydrogen-bond donors (Lipinski definition) is 0. The molecule has 202 valence electrons. The van der Waals surface area contributed by atoms with Gasteiger partial charge >= 0.3 is 0 Å². The summed E-state index contributed by atoms with van der Waals surface area (Å²) in [6.07, 6.45) is 16.7. The fraction of sp³-hybridized carbons (Fsp3) is 0.636. The minimum atomic E-state index is -0.959. The van der Waals surface area contributed by atoms with Crippen LogP contribution in [0.3, 0.4) is 0 Å². The summed E-state index contributed by atoms with van der Waals surface area (Å²) < 4.78 is 51.2. The van der Waals surface area contributed by atoms with Crippen LogP contribution in [0.4, 0.5) is 13.2 Å². The van der Waals surface area contributed by atoms with Gasteiger partial charge in [0, 0.05) is 17.5 Å². The van der Waals surface area contributed by atoms with E-state index < -0.39 is 17.5 Å². The van der Waals surface area contributed by atoms with Crippen molar-refractivity contribution < 1.29 is 17.9 Å². The Morgan fingerprint density at radius 3 is 1.89 bits per heavy atom. The first-order valence-electron chi connectivity index (χ1n) is 15.0. The highest BCUT2D eigenvalue weighted by molar-refractivity contribution is 5.54. The molecule has 0 spiro atoms. The van der Waals surface area contributed by atoms with Gasteiger partial charge in [-0.15, -0.1) is 0 Å². The van der Waals surface area contributed by atoms with Gasteiger partial charge in [-0.2, -0.15) is 4.39 Å². The zero-order chi connectivity index (χ0) is 25.9. The third kappa shape index (κ3) is 5.73. The zero-order valence-corrected chi connectivity index (χ0v) is 22.7. The Morgan fingerprint density at radius 2 is 1.27 bits per heavy atom. The number of rotatable bonds is 8. The summed E-state index contributed by atoms with van der Waals surface area (Å²) in [5.74, 6) is 0.327. The van der Waals surface area contributed by atoms with Gasteiger partial charge in [-0.1, -0.05) is 83.8 Å². The van der Waals surface area contributed by atoms with Crippen molar-refractivity contribution in [3.8, 4) is 11.5 Å². The molecule has 2 aromatic rings. The fourth-order valence-corrected chi connectivity index (χ4v) is 7.33. The van der Waals surface area contributed by atoms with E-state index in [0.29, 0.717) is 41.0 Å². The Bertz CT molecular complexity index is 1080. The number of aryl methyl sites for hydroxylation is 1. The normalized spacial score (nSPS) is 25.3. The van der Waals surface area contributed by atoms with E-state index in [2.05, 4.69) is 6.92 Å². The predicted molar refractivity (Wildman–Crippen MR) is 144 cm³/mol. The van der Waals surface area contributed by atoms with Crippen LogP contribution in [-0.4, -0.2) is 0 Å². The molecule has 2 aliphatic carbocycles. The van der Waals surface area contributed by atoms with Crippen LogP contribution in [0.5, 0.6) is 11.5 Å². The summed E-state index contributed by atoms with van der Waals surface area (Å²) in [6.45, 7) is 4.28. The average molecular weight is 513 g/mol. The number of hydrogen-bond acceptors (Lipinski definition) is 1. The van der Waals surface area contributed by atoms with E-state index in [-0.39, 0.29) is 17.4 Å². The second-order valence-corrected chi connectivity index (χ2v) is 12.1. The molecule has 5 rings (SSSR count). The SMILES string of the molecule is CCCc1ccc2c(c1F)Oc1c(cc(C3CCC(CCC4CCC(CCC)CC4)CC3)c(F)c1F)C2. The number of fused-ring (bicyclic) bond motifs is 2. The number of halogens is 3.